The van der Waals surface area contributed by atoms with E-state index in [0.29, 0.717) is 49.3 Å². The molecule has 3 aromatic carbocycles. The fraction of sp³-hybridized carbons (Fsp3) is 0.242. The van der Waals surface area contributed by atoms with Crippen LogP contribution in [0, 0.1) is 0 Å². The Balaban J connectivity index is 1.58. The first kappa shape index (κ1) is 29.4. The summed E-state index contributed by atoms with van der Waals surface area (Å²) in [5, 5.41) is 0.651. The minimum atomic E-state index is -0.759. The lowest BCUT2D eigenvalue weighted by atomic mass is 9.95. The average Bonchev–Trinajstić information content (AvgIpc) is 3.25. The van der Waals surface area contributed by atoms with E-state index in [-0.39, 0.29) is 18.3 Å². The minimum Gasteiger partial charge on any atom is -0.491 e. The molecule has 1 aliphatic heterocycles. The van der Waals surface area contributed by atoms with Crippen LogP contribution in [-0.4, -0.2) is 23.2 Å². The number of carbonyl (C=O) groups is 1. The molecule has 0 aliphatic carbocycles. The molecular formula is C33H31ClN2O5S. The molecule has 9 heteroatoms. The fourth-order valence-corrected chi connectivity index (χ4v) is 6.05. The number of esters is 1. The Hall–Kier alpha value is -4.14. The Labute approximate surface area is 253 Å². The summed E-state index contributed by atoms with van der Waals surface area (Å²) < 4.78 is 19.6. The second-order valence-corrected chi connectivity index (χ2v) is 11.4. The minimum absolute atomic E-state index is 0.105. The standard InChI is InChI=1S/C33H31ClN2O5S/c1-5-39-32(38)29-21(4)35-33-36(30(29)26-14-6-7-15-27(26)41-20(2)3)31(37)28(42-33)18-22-10-9-13-25(17-22)40-19-23-11-8-12-24(34)16-23/h6-18,20,30H,5,19H2,1-4H3/b28-18-/t30-/m0/s1. The predicted octanol–water partition coefficient (Wildman–Crippen LogP) is 5.82. The number of rotatable bonds is 9. The van der Waals surface area contributed by atoms with Crippen molar-refractivity contribution < 1.29 is 19.0 Å². The molecule has 0 spiro atoms. The number of ether oxygens (including phenoxy) is 3. The number of nitrogens with zero attached hydrogens (tertiary/aromatic N) is 2. The van der Waals surface area contributed by atoms with Crippen molar-refractivity contribution in [1.29, 1.82) is 0 Å². The number of thiazole rings is 1. The van der Waals surface area contributed by atoms with Crippen LogP contribution in [0.1, 0.15) is 50.4 Å². The van der Waals surface area contributed by atoms with Crippen LogP contribution in [0.3, 0.4) is 0 Å². The van der Waals surface area contributed by atoms with E-state index >= 15 is 0 Å². The van der Waals surface area contributed by atoms with Crippen LogP contribution in [0.15, 0.2) is 93.9 Å². The second kappa shape index (κ2) is 12.8. The van der Waals surface area contributed by atoms with Gasteiger partial charge >= 0.3 is 5.97 Å². The van der Waals surface area contributed by atoms with Crippen molar-refractivity contribution in [3.8, 4) is 11.5 Å². The number of hydrogen-bond donors (Lipinski definition) is 0. The van der Waals surface area contributed by atoms with Gasteiger partial charge in [-0.2, -0.15) is 0 Å². The topological polar surface area (TPSA) is 79.1 Å². The Bertz CT molecular complexity index is 1840. The van der Waals surface area contributed by atoms with Crippen LogP contribution in [0.25, 0.3) is 6.08 Å². The largest absolute Gasteiger partial charge is 0.491 e. The third kappa shape index (κ3) is 6.35. The van der Waals surface area contributed by atoms with E-state index in [0.717, 1.165) is 11.1 Å². The van der Waals surface area contributed by atoms with Gasteiger partial charge in [-0.1, -0.05) is 65.4 Å². The molecule has 0 bridgehead atoms. The summed E-state index contributed by atoms with van der Waals surface area (Å²) >= 11 is 7.37. The fourth-order valence-electron chi connectivity index (χ4n) is 4.79. The van der Waals surface area contributed by atoms with Crippen LogP contribution in [0.4, 0.5) is 0 Å². The lowest BCUT2D eigenvalue weighted by molar-refractivity contribution is -0.139. The first-order chi connectivity index (χ1) is 20.2. The zero-order chi connectivity index (χ0) is 29.8. The Morgan fingerprint density at radius 1 is 1.10 bits per heavy atom. The molecule has 0 N–H and O–H groups in total. The van der Waals surface area contributed by atoms with E-state index < -0.39 is 12.0 Å². The lowest BCUT2D eigenvalue weighted by Gasteiger charge is -2.26. The van der Waals surface area contributed by atoms with Crippen molar-refractivity contribution >= 4 is 35.0 Å². The summed E-state index contributed by atoms with van der Waals surface area (Å²) in [7, 11) is 0. The highest BCUT2D eigenvalue weighted by atomic mass is 35.5. The number of para-hydroxylation sites is 1. The van der Waals surface area contributed by atoms with Gasteiger partial charge < -0.3 is 14.2 Å². The van der Waals surface area contributed by atoms with Crippen molar-refractivity contribution in [2.45, 2.75) is 46.4 Å². The molecule has 0 unspecified atom stereocenters. The third-order valence-electron chi connectivity index (χ3n) is 6.54. The van der Waals surface area contributed by atoms with Crippen LogP contribution in [-0.2, 0) is 16.1 Å². The molecule has 1 aromatic heterocycles. The average molecular weight is 603 g/mol. The maximum Gasteiger partial charge on any atom is 0.338 e. The molecule has 0 amide bonds. The van der Waals surface area contributed by atoms with Crippen LogP contribution in [0.5, 0.6) is 11.5 Å². The molecule has 0 saturated heterocycles. The summed E-state index contributed by atoms with van der Waals surface area (Å²) in [6.45, 7) is 7.95. The van der Waals surface area contributed by atoms with Gasteiger partial charge in [0.05, 0.1) is 28.5 Å². The van der Waals surface area contributed by atoms with E-state index in [2.05, 4.69) is 4.99 Å². The smallest absolute Gasteiger partial charge is 0.338 e. The van der Waals surface area contributed by atoms with E-state index in [1.54, 1.807) is 18.4 Å². The van der Waals surface area contributed by atoms with Crippen molar-refractivity contribution in [1.82, 2.24) is 4.57 Å². The summed E-state index contributed by atoms with van der Waals surface area (Å²) in [5.74, 6) is 0.740. The number of halogens is 1. The van der Waals surface area contributed by atoms with E-state index in [9.17, 15) is 9.59 Å². The molecule has 0 radical (unpaired) electrons. The highest BCUT2D eigenvalue weighted by Gasteiger charge is 2.35. The first-order valence-corrected chi connectivity index (χ1v) is 14.9. The van der Waals surface area contributed by atoms with Crippen molar-refractivity contribution in [2.75, 3.05) is 6.61 Å². The molecule has 0 fully saturated rings. The number of allylic oxidation sites excluding steroid dienone is 1. The van der Waals surface area contributed by atoms with Gasteiger partial charge in [0.15, 0.2) is 4.80 Å². The van der Waals surface area contributed by atoms with Crippen molar-refractivity contribution in [2.24, 2.45) is 4.99 Å². The van der Waals surface area contributed by atoms with Gasteiger partial charge in [-0.3, -0.25) is 9.36 Å². The Morgan fingerprint density at radius 2 is 1.88 bits per heavy atom. The molecule has 42 heavy (non-hydrogen) atoms. The number of aromatic nitrogens is 1. The second-order valence-electron chi connectivity index (χ2n) is 10.00. The zero-order valence-corrected chi connectivity index (χ0v) is 25.4. The van der Waals surface area contributed by atoms with Gasteiger partial charge in [0.2, 0.25) is 0 Å². The highest BCUT2D eigenvalue weighted by molar-refractivity contribution is 7.07. The SMILES string of the molecule is CCOC(=O)C1=C(C)N=c2s/c(=C\c3cccc(OCc4cccc(Cl)c4)c3)c(=O)n2[C@H]1c1ccccc1OC(C)C. The molecule has 5 rings (SSSR count). The molecular weight excluding hydrogens is 572 g/mol. The maximum absolute atomic E-state index is 14.0. The summed E-state index contributed by atoms with van der Waals surface area (Å²) in [5.41, 5.74) is 2.99. The molecule has 1 aliphatic rings. The van der Waals surface area contributed by atoms with E-state index in [4.69, 9.17) is 25.8 Å². The van der Waals surface area contributed by atoms with Gasteiger partial charge in [0, 0.05) is 10.6 Å². The third-order valence-corrected chi connectivity index (χ3v) is 7.76. The number of hydrogen-bond acceptors (Lipinski definition) is 7. The van der Waals surface area contributed by atoms with Crippen LogP contribution in [0.2, 0.25) is 5.02 Å². The van der Waals surface area contributed by atoms with E-state index in [1.807, 2.05) is 92.7 Å². The Kier molecular flexibility index (Phi) is 8.94. The maximum atomic E-state index is 14.0. The highest BCUT2D eigenvalue weighted by Crippen LogP contribution is 2.36. The Morgan fingerprint density at radius 3 is 2.64 bits per heavy atom. The molecule has 7 nitrogen and oxygen atoms in total. The van der Waals surface area contributed by atoms with Crippen LogP contribution >= 0.6 is 22.9 Å². The van der Waals surface area contributed by atoms with Gasteiger partial charge in [-0.05, 0) is 75.2 Å². The van der Waals surface area contributed by atoms with Crippen LogP contribution < -0.4 is 24.4 Å². The zero-order valence-electron chi connectivity index (χ0n) is 23.8. The number of fused-ring (bicyclic) bond motifs is 1. The molecule has 1 atom stereocenters. The summed E-state index contributed by atoms with van der Waals surface area (Å²) in [4.78, 5) is 32.4. The van der Waals surface area contributed by atoms with Gasteiger partial charge in [0.1, 0.15) is 24.1 Å². The lowest BCUT2D eigenvalue weighted by Crippen LogP contribution is -2.40. The normalized spacial score (nSPS) is 14.9. The predicted molar refractivity (Wildman–Crippen MR) is 165 cm³/mol. The quantitative estimate of drug-likeness (QED) is 0.226. The van der Waals surface area contributed by atoms with Crippen molar-refractivity contribution in [3.05, 3.63) is 125 Å². The molecule has 4 aromatic rings. The van der Waals surface area contributed by atoms with E-state index in [1.165, 1.54) is 11.3 Å². The van der Waals surface area contributed by atoms with Gasteiger partial charge in [0.25, 0.3) is 5.56 Å². The first-order valence-electron chi connectivity index (χ1n) is 13.7. The monoisotopic (exact) mass is 602 g/mol. The summed E-state index contributed by atoms with van der Waals surface area (Å²) in [6.07, 6.45) is 1.71. The van der Waals surface area contributed by atoms with Crippen molar-refractivity contribution in [3.63, 3.8) is 0 Å². The summed E-state index contributed by atoms with van der Waals surface area (Å²) in [6, 6.07) is 21.7. The molecule has 216 valence electrons. The van der Waals surface area contributed by atoms with Gasteiger partial charge in [-0.25, -0.2) is 9.79 Å². The molecule has 0 saturated carbocycles. The van der Waals surface area contributed by atoms with Gasteiger partial charge in [-0.15, -0.1) is 0 Å². The number of carbonyl (C=O) groups excluding carboxylic acids is 1. The number of benzene rings is 3. The molecule has 2 heterocycles.